The Hall–Kier alpha value is -2.46. The number of ether oxygens (including phenoxy) is 1. The number of alkyl halides is 6. The first-order chi connectivity index (χ1) is 17.0. The van der Waals surface area contributed by atoms with Crippen LogP contribution in [0.3, 0.4) is 0 Å². The van der Waals surface area contributed by atoms with Crippen molar-refractivity contribution in [3.63, 3.8) is 0 Å². The number of carbonyl (C=O) groups is 2. The third-order valence-corrected chi connectivity index (χ3v) is 9.03. The number of rotatable bonds is 5. The van der Waals surface area contributed by atoms with Gasteiger partial charge in [0, 0.05) is 37.4 Å². The Morgan fingerprint density at radius 1 is 1.05 bits per heavy atom. The van der Waals surface area contributed by atoms with E-state index in [1.165, 1.54) is 19.3 Å². The second-order valence-corrected chi connectivity index (χ2v) is 11.3. The van der Waals surface area contributed by atoms with Gasteiger partial charge in [-0.15, -0.1) is 0 Å². The second-order valence-electron chi connectivity index (χ2n) is 8.84. The smallest absolute Gasteiger partial charge is 0.475 e. The van der Waals surface area contributed by atoms with Crippen LogP contribution in [0.25, 0.3) is 0 Å². The predicted octanol–water partition coefficient (Wildman–Crippen LogP) is 2.91. The SMILES string of the molecule is O=C(O)C(F)(F)F.O=C(O)C(F)(F)F.O=S1(=O)CCC(COCc2cccnc2)C12CN(C1CCC1)C2. The van der Waals surface area contributed by atoms with Gasteiger partial charge in [0.2, 0.25) is 0 Å². The van der Waals surface area contributed by atoms with E-state index >= 15 is 0 Å². The van der Waals surface area contributed by atoms with E-state index in [-0.39, 0.29) is 5.92 Å². The minimum absolute atomic E-state index is 0.139. The van der Waals surface area contributed by atoms with E-state index in [1.807, 2.05) is 12.1 Å². The standard InChI is InChI=1S/C17H24N2O3S.2C2HF3O2/c20-23(21)8-6-15(11-22-10-14-3-2-7-18-9-14)17(23)12-19(13-17)16-4-1-5-16;2*3-2(4,5)1(6)7/h2-3,7,9,15-16H,1,4-6,8,10-13H2;2*(H,6,7). The number of carboxylic acids is 2. The van der Waals surface area contributed by atoms with Gasteiger partial charge in [-0.1, -0.05) is 12.5 Å². The normalized spacial score (nSPS) is 22.5. The van der Waals surface area contributed by atoms with E-state index in [4.69, 9.17) is 24.5 Å². The van der Waals surface area contributed by atoms with Gasteiger partial charge in [0.05, 0.1) is 19.0 Å². The summed E-state index contributed by atoms with van der Waals surface area (Å²) in [7, 11) is -2.98. The van der Waals surface area contributed by atoms with Gasteiger partial charge in [-0.3, -0.25) is 9.88 Å². The topological polar surface area (TPSA) is 134 Å². The molecule has 2 aliphatic heterocycles. The molecule has 3 fully saturated rings. The molecule has 0 aromatic carbocycles. The summed E-state index contributed by atoms with van der Waals surface area (Å²) in [5.41, 5.74) is 1.03. The van der Waals surface area contributed by atoms with Crippen molar-refractivity contribution in [2.24, 2.45) is 5.92 Å². The maximum atomic E-state index is 12.6. The minimum atomic E-state index is -5.08. The molecule has 16 heteroatoms. The van der Waals surface area contributed by atoms with Crippen LogP contribution in [-0.4, -0.2) is 89.0 Å². The highest BCUT2D eigenvalue weighted by Gasteiger charge is 2.62. The van der Waals surface area contributed by atoms with E-state index in [2.05, 4.69) is 9.88 Å². The van der Waals surface area contributed by atoms with Crippen molar-refractivity contribution in [2.45, 2.75) is 55.4 Å². The molecule has 3 heterocycles. The highest BCUT2D eigenvalue weighted by Crippen LogP contribution is 2.47. The summed E-state index contributed by atoms with van der Waals surface area (Å²) >= 11 is 0. The Morgan fingerprint density at radius 3 is 2.00 bits per heavy atom. The minimum Gasteiger partial charge on any atom is -0.475 e. The van der Waals surface area contributed by atoms with Gasteiger partial charge in [0.15, 0.2) is 9.84 Å². The zero-order valence-corrected chi connectivity index (χ0v) is 20.2. The number of aliphatic carboxylic acids is 2. The van der Waals surface area contributed by atoms with Gasteiger partial charge in [-0.2, -0.15) is 26.3 Å². The lowest BCUT2D eigenvalue weighted by atomic mass is 9.79. The molecule has 1 saturated carbocycles. The van der Waals surface area contributed by atoms with E-state index in [9.17, 15) is 34.8 Å². The lowest BCUT2D eigenvalue weighted by Crippen LogP contribution is -2.70. The lowest BCUT2D eigenvalue weighted by Gasteiger charge is -2.55. The first kappa shape index (κ1) is 30.8. The van der Waals surface area contributed by atoms with Crippen LogP contribution < -0.4 is 0 Å². The van der Waals surface area contributed by atoms with Crippen molar-refractivity contribution in [3.8, 4) is 0 Å². The zero-order valence-electron chi connectivity index (χ0n) is 19.3. The van der Waals surface area contributed by atoms with Gasteiger partial charge in [-0.05, 0) is 30.9 Å². The molecule has 210 valence electrons. The van der Waals surface area contributed by atoms with Crippen LogP contribution >= 0.6 is 0 Å². The molecule has 0 bridgehead atoms. The number of carboxylic acid groups (broad SMARTS) is 2. The van der Waals surface area contributed by atoms with Gasteiger partial charge in [0.1, 0.15) is 4.75 Å². The van der Waals surface area contributed by atoms with Crippen molar-refractivity contribution in [1.82, 2.24) is 9.88 Å². The maximum Gasteiger partial charge on any atom is 0.490 e. The number of aromatic nitrogens is 1. The van der Waals surface area contributed by atoms with Crippen molar-refractivity contribution >= 4 is 21.8 Å². The Morgan fingerprint density at radius 2 is 1.59 bits per heavy atom. The molecule has 2 N–H and O–H groups in total. The van der Waals surface area contributed by atoms with Crippen LogP contribution in [0.2, 0.25) is 0 Å². The van der Waals surface area contributed by atoms with Gasteiger partial charge >= 0.3 is 24.3 Å². The van der Waals surface area contributed by atoms with Crippen molar-refractivity contribution in [2.75, 3.05) is 25.4 Å². The van der Waals surface area contributed by atoms with Crippen molar-refractivity contribution in [1.29, 1.82) is 0 Å². The monoisotopic (exact) mass is 564 g/mol. The average Bonchev–Trinajstić information content (AvgIpc) is 2.98. The number of likely N-dealkylation sites (tertiary alicyclic amines) is 1. The van der Waals surface area contributed by atoms with Crippen LogP contribution in [-0.2, 0) is 30.8 Å². The van der Waals surface area contributed by atoms with Crippen LogP contribution in [0.15, 0.2) is 24.5 Å². The van der Waals surface area contributed by atoms with Crippen molar-refractivity contribution < 1.29 is 59.3 Å². The Labute approximate surface area is 208 Å². The molecule has 0 radical (unpaired) electrons. The van der Waals surface area contributed by atoms with E-state index in [0.717, 1.165) is 25.1 Å². The maximum absolute atomic E-state index is 12.6. The molecular formula is C21H26F6N2O7S. The molecule has 1 aromatic heterocycles. The third kappa shape index (κ3) is 8.01. The number of pyridine rings is 1. The van der Waals surface area contributed by atoms with Gasteiger partial charge < -0.3 is 14.9 Å². The average molecular weight is 565 g/mol. The summed E-state index contributed by atoms with van der Waals surface area (Å²) in [6.07, 6.45) is -2.13. The summed E-state index contributed by atoms with van der Waals surface area (Å²) in [5.74, 6) is -5.05. The molecular weight excluding hydrogens is 538 g/mol. The first-order valence-corrected chi connectivity index (χ1v) is 12.7. The summed E-state index contributed by atoms with van der Waals surface area (Å²) < 4.78 is 94.0. The summed E-state index contributed by atoms with van der Waals surface area (Å²) in [5, 5.41) is 14.2. The fraction of sp³-hybridized carbons (Fsp3) is 0.667. The van der Waals surface area contributed by atoms with E-state index in [0.29, 0.717) is 25.0 Å². The molecule has 1 aliphatic carbocycles. The Kier molecular flexibility index (Phi) is 9.93. The Bertz CT molecular complexity index is 1000. The number of halogens is 6. The molecule has 37 heavy (non-hydrogen) atoms. The molecule has 1 unspecified atom stereocenters. The molecule has 0 amide bonds. The predicted molar refractivity (Wildman–Crippen MR) is 115 cm³/mol. The van der Waals surface area contributed by atoms with Crippen LogP contribution in [0, 0.1) is 5.92 Å². The number of hydrogen-bond donors (Lipinski definition) is 2. The quantitative estimate of drug-likeness (QED) is 0.518. The molecule has 4 rings (SSSR count). The van der Waals surface area contributed by atoms with Crippen molar-refractivity contribution in [3.05, 3.63) is 30.1 Å². The van der Waals surface area contributed by atoms with E-state index in [1.54, 1.807) is 12.4 Å². The largest absolute Gasteiger partial charge is 0.490 e. The number of nitrogens with zero attached hydrogens (tertiary/aromatic N) is 2. The summed E-state index contributed by atoms with van der Waals surface area (Å²) in [4.78, 5) is 24.2. The fourth-order valence-corrected chi connectivity index (χ4v) is 6.58. The molecule has 2 saturated heterocycles. The van der Waals surface area contributed by atoms with Crippen LogP contribution in [0.1, 0.15) is 31.2 Å². The van der Waals surface area contributed by atoms with Gasteiger partial charge in [0.25, 0.3) is 0 Å². The summed E-state index contributed by atoms with van der Waals surface area (Å²) in [6.45, 7) is 2.49. The highest BCUT2D eigenvalue weighted by molar-refractivity contribution is 7.93. The van der Waals surface area contributed by atoms with Crippen LogP contribution in [0.4, 0.5) is 26.3 Å². The molecule has 3 aliphatic rings. The molecule has 1 atom stereocenters. The zero-order chi connectivity index (χ0) is 28.1. The van der Waals surface area contributed by atoms with Gasteiger partial charge in [-0.25, -0.2) is 18.0 Å². The lowest BCUT2D eigenvalue weighted by molar-refractivity contribution is -0.193. The summed E-state index contributed by atoms with van der Waals surface area (Å²) in [6, 6.07) is 4.51. The second kappa shape index (κ2) is 11.9. The first-order valence-electron chi connectivity index (χ1n) is 11.0. The molecule has 9 nitrogen and oxygen atoms in total. The van der Waals surface area contributed by atoms with E-state index < -0.39 is 38.9 Å². The number of sulfone groups is 1. The fourth-order valence-electron chi connectivity index (χ4n) is 4.16. The molecule has 1 aromatic rings. The third-order valence-electron chi connectivity index (χ3n) is 6.43. The number of hydrogen-bond acceptors (Lipinski definition) is 7. The van der Waals surface area contributed by atoms with Crippen LogP contribution in [0.5, 0.6) is 0 Å². The molecule has 1 spiro atoms. The Balaban J connectivity index is 0.000000286. The highest BCUT2D eigenvalue weighted by atomic mass is 32.2.